The molecule has 0 saturated heterocycles. The smallest absolute Gasteiger partial charge is 0.265 e. The molecule has 0 radical (unpaired) electrons. The third kappa shape index (κ3) is 3.32. The van der Waals surface area contributed by atoms with Crippen LogP contribution in [0.25, 0.3) is 0 Å². The summed E-state index contributed by atoms with van der Waals surface area (Å²) >= 11 is 0. The number of carbonyl (C=O) groups excluding carboxylic acids is 1. The highest BCUT2D eigenvalue weighted by molar-refractivity contribution is 5.94. The molecule has 0 aliphatic carbocycles. The van der Waals surface area contributed by atoms with Crippen LogP contribution in [0, 0.1) is 11.6 Å². The molecule has 0 aliphatic rings. The van der Waals surface area contributed by atoms with Crippen molar-refractivity contribution in [1.29, 1.82) is 0 Å². The number of ether oxygens (including phenoxy) is 1. The van der Waals surface area contributed by atoms with E-state index in [1.54, 1.807) is 24.3 Å². The quantitative estimate of drug-likeness (QED) is 0.930. The Hall–Kier alpha value is -2.43. The van der Waals surface area contributed by atoms with Crippen LogP contribution in [0.5, 0.6) is 5.75 Å². The number of para-hydroxylation sites is 2. The normalized spacial score (nSPS) is 11.8. The van der Waals surface area contributed by atoms with Gasteiger partial charge in [0, 0.05) is 0 Å². The van der Waals surface area contributed by atoms with Crippen molar-refractivity contribution in [3.05, 3.63) is 60.2 Å². The molecule has 2 rings (SSSR count). The van der Waals surface area contributed by atoms with E-state index in [-0.39, 0.29) is 0 Å². The summed E-state index contributed by atoms with van der Waals surface area (Å²) < 4.78 is 32.2. The first kappa shape index (κ1) is 14.0. The summed E-state index contributed by atoms with van der Waals surface area (Å²) in [6, 6.07) is 12.1. The van der Waals surface area contributed by atoms with Gasteiger partial charge in [-0.3, -0.25) is 4.79 Å². The minimum absolute atomic E-state index is 0.471. The molecule has 1 amide bonds. The molecular formula is C15H13F2NO2. The van der Waals surface area contributed by atoms with E-state index in [2.05, 4.69) is 5.32 Å². The van der Waals surface area contributed by atoms with Crippen molar-refractivity contribution in [2.24, 2.45) is 0 Å². The summed E-state index contributed by atoms with van der Waals surface area (Å²) in [6.45, 7) is 1.50. The first-order chi connectivity index (χ1) is 9.58. The highest BCUT2D eigenvalue weighted by atomic mass is 19.1. The summed E-state index contributed by atoms with van der Waals surface area (Å²) in [5.74, 6) is -1.78. The van der Waals surface area contributed by atoms with Crippen molar-refractivity contribution >= 4 is 11.6 Å². The SMILES string of the molecule is C[C@H](Oc1ccccc1)C(=O)Nc1c(F)cccc1F. The van der Waals surface area contributed by atoms with Crippen LogP contribution in [-0.4, -0.2) is 12.0 Å². The van der Waals surface area contributed by atoms with Crippen LogP contribution in [0.1, 0.15) is 6.92 Å². The maximum atomic E-state index is 13.4. The summed E-state index contributed by atoms with van der Waals surface area (Å²) in [5, 5.41) is 2.18. The number of anilines is 1. The number of benzene rings is 2. The Kier molecular flexibility index (Phi) is 4.30. The second-order valence-electron chi connectivity index (χ2n) is 4.16. The van der Waals surface area contributed by atoms with Crippen LogP contribution < -0.4 is 10.1 Å². The molecule has 0 aliphatic heterocycles. The van der Waals surface area contributed by atoms with Gasteiger partial charge in [-0.1, -0.05) is 24.3 Å². The first-order valence-electron chi connectivity index (χ1n) is 6.04. The molecule has 5 heteroatoms. The van der Waals surface area contributed by atoms with Gasteiger partial charge in [0.1, 0.15) is 23.1 Å². The van der Waals surface area contributed by atoms with Crippen molar-refractivity contribution in [2.45, 2.75) is 13.0 Å². The van der Waals surface area contributed by atoms with E-state index in [0.29, 0.717) is 5.75 Å². The van der Waals surface area contributed by atoms with E-state index in [1.807, 2.05) is 6.07 Å². The van der Waals surface area contributed by atoms with E-state index < -0.39 is 29.3 Å². The van der Waals surface area contributed by atoms with Gasteiger partial charge >= 0.3 is 0 Å². The van der Waals surface area contributed by atoms with Gasteiger partial charge in [-0.25, -0.2) is 8.78 Å². The van der Waals surface area contributed by atoms with Gasteiger partial charge in [0.25, 0.3) is 5.91 Å². The summed E-state index contributed by atoms with van der Waals surface area (Å²) in [7, 11) is 0. The second kappa shape index (κ2) is 6.14. The van der Waals surface area contributed by atoms with Crippen LogP contribution in [0.2, 0.25) is 0 Å². The Morgan fingerprint density at radius 2 is 1.65 bits per heavy atom. The number of hydrogen-bond acceptors (Lipinski definition) is 2. The zero-order valence-electron chi connectivity index (χ0n) is 10.8. The molecular weight excluding hydrogens is 264 g/mol. The number of rotatable bonds is 4. The molecule has 2 aromatic rings. The summed E-state index contributed by atoms with van der Waals surface area (Å²) in [5.41, 5.74) is -0.471. The fourth-order valence-electron chi connectivity index (χ4n) is 1.60. The molecule has 0 saturated carbocycles. The fraction of sp³-hybridized carbons (Fsp3) is 0.133. The molecule has 20 heavy (non-hydrogen) atoms. The average molecular weight is 277 g/mol. The lowest BCUT2D eigenvalue weighted by atomic mass is 10.2. The van der Waals surface area contributed by atoms with Crippen molar-refractivity contribution in [2.75, 3.05) is 5.32 Å². The lowest BCUT2D eigenvalue weighted by Gasteiger charge is -2.15. The Balaban J connectivity index is 2.05. The highest BCUT2D eigenvalue weighted by Crippen LogP contribution is 2.19. The van der Waals surface area contributed by atoms with Gasteiger partial charge in [-0.05, 0) is 31.2 Å². The molecule has 0 bridgehead atoms. The van der Waals surface area contributed by atoms with Gasteiger partial charge in [-0.2, -0.15) is 0 Å². The molecule has 3 nitrogen and oxygen atoms in total. The van der Waals surface area contributed by atoms with Crippen molar-refractivity contribution < 1.29 is 18.3 Å². The molecule has 0 fully saturated rings. The standard InChI is InChI=1S/C15H13F2NO2/c1-10(20-11-6-3-2-4-7-11)15(19)18-14-12(16)8-5-9-13(14)17/h2-10H,1H3,(H,18,19)/t10-/m0/s1. The van der Waals surface area contributed by atoms with Crippen molar-refractivity contribution in [1.82, 2.24) is 0 Å². The minimum Gasteiger partial charge on any atom is -0.481 e. The fourth-order valence-corrected chi connectivity index (χ4v) is 1.60. The van der Waals surface area contributed by atoms with Crippen LogP contribution in [0.15, 0.2) is 48.5 Å². The Labute approximate surface area is 115 Å². The largest absolute Gasteiger partial charge is 0.481 e. The van der Waals surface area contributed by atoms with Crippen LogP contribution >= 0.6 is 0 Å². The lowest BCUT2D eigenvalue weighted by Crippen LogP contribution is -2.30. The maximum Gasteiger partial charge on any atom is 0.265 e. The Morgan fingerprint density at radius 3 is 2.25 bits per heavy atom. The molecule has 0 spiro atoms. The van der Waals surface area contributed by atoms with E-state index in [9.17, 15) is 13.6 Å². The second-order valence-corrected chi connectivity index (χ2v) is 4.16. The molecule has 104 valence electrons. The maximum absolute atomic E-state index is 13.4. The monoisotopic (exact) mass is 277 g/mol. The molecule has 0 heterocycles. The lowest BCUT2D eigenvalue weighted by molar-refractivity contribution is -0.122. The number of hydrogen-bond donors (Lipinski definition) is 1. The third-order valence-electron chi connectivity index (χ3n) is 2.64. The van der Waals surface area contributed by atoms with E-state index in [4.69, 9.17) is 4.74 Å². The number of amides is 1. The van der Waals surface area contributed by atoms with Gasteiger partial charge in [0.05, 0.1) is 0 Å². The van der Waals surface area contributed by atoms with Crippen LogP contribution in [-0.2, 0) is 4.79 Å². The van der Waals surface area contributed by atoms with Crippen molar-refractivity contribution in [3.8, 4) is 5.75 Å². The topological polar surface area (TPSA) is 38.3 Å². The number of nitrogens with one attached hydrogen (secondary N) is 1. The average Bonchev–Trinajstić information content (AvgIpc) is 2.44. The zero-order valence-corrected chi connectivity index (χ0v) is 10.8. The third-order valence-corrected chi connectivity index (χ3v) is 2.64. The Bertz CT molecular complexity index is 582. The summed E-state index contributed by atoms with van der Waals surface area (Å²) in [4.78, 5) is 11.9. The molecule has 0 aromatic heterocycles. The molecule has 1 N–H and O–H groups in total. The minimum atomic E-state index is -0.878. The van der Waals surface area contributed by atoms with Gasteiger partial charge in [0.2, 0.25) is 0 Å². The molecule has 1 atom stereocenters. The van der Waals surface area contributed by atoms with E-state index >= 15 is 0 Å². The van der Waals surface area contributed by atoms with Gasteiger partial charge in [0.15, 0.2) is 6.10 Å². The van der Waals surface area contributed by atoms with Gasteiger partial charge in [-0.15, -0.1) is 0 Å². The predicted molar refractivity (Wildman–Crippen MR) is 71.5 cm³/mol. The predicted octanol–water partition coefficient (Wildman–Crippen LogP) is 3.37. The van der Waals surface area contributed by atoms with Crippen molar-refractivity contribution in [3.63, 3.8) is 0 Å². The summed E-state index contributed by atoms with van der Waals surface area (Å²) in [6.07, 6.45) is -0.878. The molecule has 0 unspecified atom stereocenters. The highest BCUT2D eigenvalue weighted by Gasteiger charge is 2.18. The van der Waals surface area contributed by atoms with E-state index in [1.165, 1.54) is 13.0 Å². The Morgan fingerprint density at radius 1 is 1.05 bits per heavy atom. The first-order valence-corrected chi connectivity index (χ1v) is 6.04. The number of carbonyl (C=O) groups is 1. The van der Waals surface area contributed by atoms with Crippen LogP contribution in [0.4, 0.5) is 14.5 Å². The van der Waals surface area contributed by atoms with Gasteiger partial charge < -0.3 is 10.1 Å². The van der Waals surface area contributed by atoms with E-state index in [0.717, 1.165) is 12.1 Å². The zero-order chi connectivity index (χ0) is 14.5. The molecule has 2 aromatic carbocycles. The number of halogens is 2. The van der Waals surface area contributed by atoms with Crippen LogP contribution in [0.3, 0.4) is 0 Å².